The zero-order chi connectivity index (χ0) is 16.2. The van der Waals surface area contributed by atoms with Crippen LogP contribution in [0.5, 0.6) is 0 Å². The lowest BCUT2D eigenvalue weighted by molar-refractivity contribution is -0.140. The molecule has 2 bridgehead atoms. The van der Waals surface area contributed by atoms with Gasteiger partial charge in [0.15, 0.2) is 0 Å². The molecule has 0 heterocycles. The Labute approximate surface area is 153 Å². The minimum atomic E-state index is -0.269. The van der Waals surface area contributed by atoms with Crippen LogP contribution in [0.2, 0.25) is 0 Å². The van der Waals surface area contributed by atoms with Crippen LogP contribution in [0.1, 0.15) is 77.6 Å². The molecular formula is C19H35ClN2O2. The highest BCUT2D eigenvalue weighted by Gasteiger charge is 2.40. The molecule has 0 radical (unpaired) electrons. The fourth-order valence-electron chi connectivity index (χ4n) is 5.06. The maximum Gasteiger partial charge on any atom is 0.249 e. The van der Waals surface area contributed by atoms with Gasteiger partial charge in [0.25, 0.3) is 0 Å². The third-order valence-corrected chi connectivity index (χ3v) is 6.26. The Hall–Kier alpha value is -0.320. The van der Waals surface area contributed by atoms with Crippen molar-refractivity contribution in [2.24, 2.45) is 17.6 Å². The molecule has 3 aliphatic rings. The SMILES string of the molecule is CCC(OC1CCCCC1)C(=O)NC1C2CCCC1CC(N)C2.Cl. The zero-order valence-electron chi connectivity index (χ0n) is 15.0. The summed E-state index contributed by atoms with van der Waals surface area (Å²) in [5.74, 6) is 1.28. The Balaban J connectivity index is 0.00000208. The average molecular weight is 359 g/mol. The number of amides is 1. The van der Waals surface area contributed by atoms with Crippen LogP contribution in [0.4, 0.5) is 0 Å². The molecule has 3 fully saturated rings. The third kappa shape index (κ3) is 4.86. The van der Waals surface area contributed by atoms with Gasteiger partial charge in [0.1, 0.15) is 6.10 Å². The number of hydrogen-bond acceptors (Lipinski definition) is 3. The molecule has 5 heteroatoms. The maximum absolute atomic E-state index is 12.8. The van der Waals surface area contributed by atoms with E-state index in [9.17, 15) is 4.79 Å². The van der Waals surface area contributed by atoms with Crippen LogP contribution in [0.3, 0.4) is 0 Å². The molecule has 0 aromatic rings. The third-order valence-electron chi connectivity index (χ3n) is 6.26. The van der Waals surface area contributed by atoms with E-state index in [2.05, 4.69) is 12.2 Å². The van der Waals surface area contributed by atoms with Crippen molar-refractivity contribution >= 4 is 18.3 Å². The van der Waals surface area contributed by atoms with E-state index in [0.29, 0.717) is 30.0 Å². The molecule has 3 saturated carbocycles. The van der Waals surface area contributed by atoms with E-state index >= 15 is 0 Å². The van der Waals surface area contributed by atoms with Crippen molar-refractivity contribution < 1.29 is 9.53 Å². The highest BCUT2D eigenvalue weighted by molar-refractivity contribution is 5.85. The molecule has 0 aromatic carbocycles. The van der Waals surface area contributed by atoms with Crippen LogP contribution >= 0.6 is 12.4 Å². The van der Waals surface area contributed by atoms with Crippen LogP contribution in [-0.4, -0.2) is 30.2 Å². The molecule has 4 nitrogen and oxygen atoms in total. The number of carbonyl (C=O) groups excluding carboxylic acids is 1. The summed E-state index contributed by atoms with van der Waals surface area (Å²) in [6.45, 7) is 2.06. The van der Waals surface area contributed by atoms with Crippen molar-refractivity contribution in [2.45, 2.75) is 102 Å². The first-order valence-corrected chi connectivity index (χ1v) is 9.88. The molecule has 140 valence electrons. The van der Waals surface area contributed by atoms with Gasteiger partial charge in [-0.3, -0.25) is 4.79 Å². The van der Waals surface area contributed by atoms with E-state index in [1.165, 1.54) is 38.5 Å². The van der Waals surface area contributed by atoms with Crippen molar-refractivity contribution in [2.75, 3.05) is 0 Å². The minimum Gasteiger partial charge on any atom is -0.365 e. The van der Waals surface area contributed by atoms with Crippen LogP contribution < -0.4 is 11.1 Å². The molecule has 3 unspecified atom stereocenters. The van der Waals surface area contributed by atoms with E-state index in [1.54, 1.807) is 0 Å². The molecular weight excluding hydrogens is 324 g/mol. The van der Waals surface area contributed by atoms with Gasteiger partial charge in [0.05, 0.1) is 6.10 Å². The standard InChI is InChI=1S/C19H34N2O2.ClH/c1-2-17(23-16-9-4-3-5-10-16)19(22)21-18-13-7-6-8-14(18)12-15(20)11-13;/h13-18H,2-12,20H2,1H3,(H,21,22);1H. The van der Waals surface area contributed by atoms with Gasteiger partial charge in [-0.25, -0.2) is 0 Å². The summed E-state index contributed by atoms with van der Waals surface area (Å²) in [5.41, 5.74) is 6.19. The summed E-state index contributed by atoms with van der Waals surface area (Å²) in [5, 5.41) is 3.36. The van der Waals surface area contributed by atoms with E-state index in [4.69, 9.17) is 10.5 Å². The van der Waals surface area contributed by atoms with Gasteiger partial charge in [0, 0.05) is 12.1 Å². The second-order valence-corrected chi connectivity index (χ2v) is 8.01. The zero-order valence-corrected chi connectivity index (χ0v) is 15.9. The molecule has 0 aliphatic heterocycles. The Morgan fingerprint density at radius 1 is 1.08 bits per heavy atom. The van der Waals surface area contributed by atoms with Crippen molar-refractivity contribution in [3.05, 3.63) is 0 Å². The van der Waals surface area contributed by atoms with Crippen LogP contribution in [0, 0.1) is 11.8 Å². The number of halogens is 1. The smallest absolute Gasteiger partial charge is 0.249 e. The Morgan fingerprint density at radius 3 is 2.29 bits per heavy atom. The lowest BCUT2D eigenvalue weighted by atomic mass is 9.67. The monoisotopic (exact) mass is 358 g/mol. The summed E-state index contributed by atoms with van der Waals surface area (Å²) in [6, 6.07) is 0.666. The first-order chi connectivity index (χ1) is 11.2. The molecule has 24 heavy (non-hydrogen) atoms. The number of nitrogens with one attached hydrogen (secondary N) is 1. The normalized spacial score (nSPS) is 34.9. The van der Waals surface area contributed by atoms with E-state index < -0.39 is 0 Å². The first kappa shape index (κ1) is 20.0. The fourth-order valence-corrected chi connectivity index (χ4v) is 5.06. The van der Waals surface area contributed by atoms with Gasteiger partial charge in [0.2, 0.25) is 5.91 Å². The largest absolute Gasteiger partial charge is 0.365 e. The van der Waals surface area contributed by atoms with Crippen molar-refractivity contribution in [3.8, 4) is 0 Å². The molecule has 1 amide bonds. The summed E-state index contributed by atoms with van der Waals surface area (Å²) >= 11 is 0. The maximum atomic E-state index is 12.8. The molecule has 0 aromatic heterocycles. The highest BCUT2D eigenvalue weighted by Crippen LogP contribution is 2.39. The highest BCUT2D eigenvalue weighted by atomic mass is 35.5. The van der Waals surface area contributed by atoms with E-state index in [-0.39, 0.29) is 24.4 Å². The summed E-state index contributed by atoms with van der Waals surface area (Å²) in [4.78, 5) is 12.8. The van der Waals surface area contributed by atoms with Crippen LogP contribution in [-0.2, 0) is 9.53 Å². The lowest BCUT2D eigenvalue weighted by Crippen LogP contribution is -2.55. The minimum absolute atomic E-state index is 0. The van der Waals surface area contributed by atoms with Gasteiger partial charge in [-0.2, -0.15) is 0 Å². The molecule has 3 aliphatic carbocycles. The van der Waals surface area contributed by atoms with E-state index in [1.807, 2.05) is 0 Å². The molecule has 3 atom stereocenters. The number of fused-ring (bicyclic) bond motifs is 2. The number of hydrogen-bond donors (Lipinski definition) is 2. The van der Waals surface area contributed by atoms with Crippen molar-refractivity contribution in [3.63, 3.8) is 0 Å². The van der Waals surface area contributed by atoms with Crippen LogP contribution in [0.25, 0.3) is 0 Å². The van der Waals surface area contributed by atoms with Gasteiger partial charge >= 0.3 is 0 Å². The summed E-state index contributed by atoms with van der Waals surface area (Å²) in [6.07, 6.45) is 12.7. The second-order valence-electron chi connectivity index (χ2n) is 8.01. The quantitative estimate of drug-likeness (QED) is 0.789. The first-order valence-electron chi connectivity index (χ1n) is 9.88. The Morgan fingerprint density at radius 2 is 1.71 bits per heavy atom. The number of nitrogens with two attached hydrogens (primary N) is 1. The summed E-state index contributed by atoms with van der Waals surface area (Å²) in [7, 11) is 0. The van der Waals surface area contributed by atoms with Gasteiger partial charge < -0.3 is 15.8 Å². The number of carbonyl (C=O) groups is 1. The van der Waals surface area contributed by atoms with E-state index in [0.717, 1.165) is 32.1 Å². The predicted octanol–water partition coefficient (Wildman–Crippen LogP) is 3.56. The Kier molecular flexibility index (Phi) is 7.83. The van der Waals surface area contributed by atoms with Gasteiger partial charge in [-0.05, 0) is 56.8 Å². The average Bonchev–Trinajstić information content (AvgIpc) is 2.54. The lowest BCUT2D eigenvalue weighted by Gasteiger charge is -2.45. The molecule has 0 spiro atoms. The summed E-state index contributed by atoms with van der Waals surface area (Å²) < 4.78 is 6.15. The molecule has 0 saturated heterocycles. The fraction of sp³-hybridized carbons (Fsp3) is 0.947. The van der Waals surface area contributed by atoms with Crippen LogP contribution in [0.15, 0.2) is 0 Å². The predicted molar refractivity (Wildman–Crippen MR) is 99.3 cm³/mol. The second kappa shape index (κ2) is 9.40. The van der Waals surface area contributed by atoms with Crippen molar-refractivity contribution in [1.82, 2.24) is 5.32 Å². The van der Waals surface area contributed by atoms with Crippen molar-refractivity contribution in [1.29, 1.82) is 0 Å². The molecule has 3 rings (SSSR count). The van der Waals surface area contributed by atoms with Gasteiger partial charge in [-0.15, -0.1) is 12.4 Å². The number of ether oxygens (including phenoxy) is 1. The van der Waals surface area contributed by atoms with Gasteiger partial charge in [-0.1, -0.05) is 32.6 Å². The Bertz CT molecular complexity index is 387. The topological polar surface area (TPSA) is 64.3 Å². The molecule has 3 N–H and O–H groups in total. The number of rotatable bonds is 5.